The van der Waals surface area contributed by atoms with Gasteiger partial charge in [0, 0.05) is 18.0 Å². The predicted octanol–water partition coefficient (Wildman–Crippen LogP) is 4.33. The normalized spacial score (nSPS) is 20.9. The third kappa shape index (κ3) is 1.38. The van der Waals surface area contributed by atoms with E-state index >= 15 is 0 Å². The highest BCUT2D eigenvalue weighted by Crippen LogP contribution is 2.46. The number of halogens is 1. The first-order chi connectivity index (χ1) is 9.27. The molecule has 0 fully saturated rings. The maximum absolute atomic E-state index is 6.53. The lowest BCUT2D eigenvalue weighted by molar-refractivity contribution is 0.596. The van der Waals surface area contributed by atoms with Gasteiger partial charge in [0.05, 0.1) is 16.8 Å². The molecule has 94 valence electrons. The number of furan rings is 1. The van der Waals surface area contributed by atoms with Gasteiger partial charge in [0.15, 0.2) is 5.76 Å². The Morgan fingerprint density at radius 2 is 2.05 bits per heavy atom. The Balaban J connectivity index is 2.08. The van der Waals surface area contributed by atoms with E-state index in [1.54, 1.807) is 0 Å². The molecule has 19 heavy (non-hydrogen) atoms. The fourth-order valence-corrected chi connectivity index (χ4v) is 3.18. The van der Waals surface area contributed by atoms with Gasteiger partial charge in [-0.1, -0.05) is 48.0 Å². The molecule has 2 aliphatic rings. The van der Waals surface area contributed by atoms with Crippen LogP contribution in [0.2, 0.25) is 0 Å². The summed E-state index contributed by atoms with van der Waals surface area (Å²) >= 11 is 6.53. The van der Waals surface area contributed by atoms with E-state index in [2.05, 4.69) is 36.2 Å². The highest BCUT2D eigenvalue weighted by atomic mass is 35.5. The van der Waals surface area contributed by atoms with Crippen molar-refractivity contribution in [1.82, 2.24) is 0 Å². The Bertz CT molecular complexity index is 766. The number of allylic oxidation sites excluding steroid dienone is 2. The van der Waals surface area contributed by atoms with Crippen molar-refractivity contribution in [2.24, 2.45) is 0 Å². The number of rotatable bonds is 0. The molecule has 1 unspecified atom stereocenters. The zero-order valence-electron chi connectivity index (χ0n) is 10.4. The van der Waals surface area contributed by atoms with E-state index < -0.39 is 0 Å². The van der Waals surface area contributed by atoms with Gasteiger partial charge in [-0.3, -0.25) is 0 Å². The summed E-state index contributed by atoms with van der Waals surface area (Å²) in [5, 5.41) is 1.83. The number of nitrogens with zero attached hydrogens (tertiary/aromatic N) is 1. The van der Waals surface area contributed by atoms with Crippen LogP contribution in [0, 0.1) is 0 Å². The SMILES string of the molecule is CN1c2c(oc3ccccc23)C(Cl)=C2C=CC=CC21. The average molecular weight is 270 g/mol. The van der Waals surface area contributed by atoms with Crippen LogP contribution in [-0.2, 0) is 0 Å². The van der Waals surface area contributed by atoms with Crippen molar-refractivity contribution in [3.8, 4) is 0 Å². The van der Waals surface area contributed by atoms with Crippen molar-refractivity contribution in [1.29, 1.82) is 0 Å². The van der Waals surface area contributed by atoms with Crippen LogP contribution in [0.4, 0.5) is 5.69 Å². The molecule has 0 saturated heterocycles. The maximum atomic E-state index is 6.53. The third-order valence-corrected chi connectivity index (χ3v) is 4.18. The molecule has 1 aromatic carbocycles. The van der Waals surface area contributed by atoms with E-state index in [4.69, 9.17) is 16.0 Å². The summed E-state index contributed by atoms with van der Waals surface area (Å²) < 4.78 is 5.93. The molecule has 0 spiro atoms. The molecule has 0 bridgehead atoms. The van der Waals surface area contributed by atoms with E-state index in [1.807, 2.05) is 24.3 Å². The molecule has 0 saturated carbocycles. The Morgan fingerprint density at radius 1 is 1.21 bits per heavy atom. The highest BCUT2D eigenvalue weighted by molar-refractivity contribution is 6.50. The molecule has 1 aliphatic carbocycles. The van der Waals surface area contributed by atoms with Crippen molar-refractivity contribution in [2.75, 3.05) is 11.9 Å². The molecule has 0 radical (unpaired) electrons. The standard InChI is InChI=1S/C16H12ClNO/c1-18-12-8-4-2-6-10(12)14(17)16-15(18)11-7-3-5-9-13(11)19-16/h2-9,12H,1H3. The summed E-state index contributed by atoms with van der Waals surface area (Å²) in [6, 6.07) is 8.24. The van der Waals surface area contributed by atoms with Crippen molar-refractivity contribution in [3.05, 3.63) is 59.9 Å². The number of benzene rings is 1. The van der Waals surface area contributed by atoms with Gasteiger partial charge in [0.25, 0.3) is 0 Å². The Hall–Kier alpha value is -1.93. The van der Waals surface area contributed by atoms with E-state index in [1.165, 1.54) is 0 Å². The number of hydrogen-bond donors (Lipinski definition) is 0. The van der Waals surface area contributed by atoms with Crippen LogP contribution in [0.3, 0.4) is 0 Å². The Kier molecular flexibility index (Phi) is 2.18. The molecular formula is C16H12ClNO. The van der Waals surface area contributed by atoms with Crippen LogP contribution in [0.1, 0.15) is 5.76 Å². The summed E-state index contributed by atoms with van der Waals surface area (Å²) in [5.41, 5.74) is 3.05. The van der Waals surface area contributed by atoms with Gasteiger partial charge in [0.2, 0.25) is 0 Å². The van der Waals surface area contributed by atoms with Gasteiger partial charge in [-0.2, -0.15) is 0 Å². The van der Waals surface area contributed by atoms with Crippen LogP contribution >= 0.6 is 11.6 Å². The smallest absolute Gasteiger partial charge is 0.170 e. The fraction of sp³-hybridized carbons (Fsp3) is 0.125. The van der Waals surface area contributed by atoms with Crippen molar-refractivity contribution in [3.63, 3.8) is 0 Å². The molecule has 2 nitrogen and oxygen atoms in total. The first-order valence-corrected chi connectivity index (χ1v) is 6.64. The van der Waals surface area contributed by atoms with Crippen molar-refractivity contribution >= 4 is 33.3 Å². The zero-order chi connectivity index (χ0) is 13.0. The van der Waals surface area contributed by atoms with Crippen LogP contribution in [0.5, 0.6) is 0 Å². The van der Waals surface area contributed by atoms with Crippen molar-refractivity contribution in [2.45, 2.75) is 6.04 Å². The molecule has 2 aromatic rings. The second-order valence-corrected chi connectivity index (χ2v) is 5.22. The fourth-order valence-electron chi connectivity index (χ4n) is 2.87. The lowest BCUT2D eigenvalue weighted by atomic mass is 9.95. The van der Waals surface area contributed by atoms with Gasteiger partial charge in [-0.25, -0.2) is 0 Å². The molecule has 1 aliphatic heterocycles. The number of hydrogen-bond acceptors (Lipinski definition) is 2. The Labute approximate surface area is 116 Å². The first-order valence-electron chi connectivity index (χ1n) is 6.26. The topological polar surface area (TPSA) is 16.4 Å². The molecular weight excluding hydrogens is 258 g/mol. The quantitative estimate of drug-likeness (QED) is 0.708. The van der Waals surface area contributed by atoms with Crippen LogP contribution < -0.4 is 4.90 Å². The minimum atomic E-state index is 0.186. The minimum absolute atomic E-state index is 0.186. The summed E-state index contributed by atoms with van der Waals surface area (Å²) in [7, 11) is 2.08. The molecule has 4 rings (SSSR count). The molecule has 1 atom stereocenters. The van der Waals surface area contributed by atoms with Gasteiger partial charge in [0.1, 0.15) is 5.58 Å². The van der Waals surface area contributed by atoms with Gasteiger partial charge < -0.3 is 9.32 Å². The number of anilines is 1. The molecule has 0 N–H and O–H groups in total. The first kappa shape index (κ1) is 10.9. The van der Waals surface area contributed by atoms with E-state index in [0.717, 1.165) is 33.0 Å². The zero-order valence-corrected chi connectivity index (χ0v) is 11.2. The summed E-state index contributed by atoms with van der Waals surface area (Å²) in [5.74, 6) is 0.775. The van der Waals surface area contributed by atoms with Gasteiger partial charge >= 0.3 is 0 Å². The van der Waals surface area contributed by atoms with E-state index in [9.17, 15) is 0 Å². The monoisotopic (exact) mass is 269 g/mol. The molecule has 1 aromatic heterocycles. The molecule has 0 amide bonds. The van der Waals surface area contributed by atoms with Crippen molar-refractivity contribution < 1.29 is 4.42 Å². The van der Waals surface area contributed by atoms with E-state index in [0.29, 0.717) is 0 Å². The van der Waals surface area contributed by atoms with Crippen LogP contribution in [0.15, 0.2) is 58.6 Å². The van der Waals surface area contributed by atoms with Crippen LogP contribution in [-0.4, -0.2) is 13.1 Å². The second-order valence-electron chi connectivity index (χ2n) is 4.85. The van der Waals surface area contributed by atoms with E-state index in [-0.39, 0.29) is 6.04 Å². The number of fused-ring (bicyclic) bond motifs is 4. The largest absolute Gasteiger partial charge is 0.453 e. The maximum Gasteiger partial charge on any atom is 0.170 e. The third-order valence-electron chi connectivity index (χ3n) is 3.79. The molecule has 3 heteroatoms. The van der Waals surface area contributed by atoms with Crippen LogP contribution in [0.25, 0.3) is 16.0 Å². The predicted molar refractivity (Wildman–Crippen MR) is 79.5 cm³/mol. The van der Waals surface area contributed by atoms with Gasteiger partial charge in [-0.05, 0) is 12.1 Å². The second kappa shape index (κ2) is 3.78. The lowest BCUT2D eigenvalue weighted by Gasteiger charge is -2.34. The number of para-hydroxylation sites is 1. The minimum Gasteiger partial charge on any atom is -0.453 e. The van der Waals surface area contributed by atoms with Gasteiger partial charge in [-0.15, -0.1) is 0 Å². The summed E-state index contributed by atoms with van der Waals surface area (Å²) in [4.78, 5) is 2.22. The highest BCUT2D eigenvalue weighted by Gasteiger charge is 2.32. The number of likely N-dealkylation sites (N-methyl/N-ethyl adjacent to an activating group) is 1. The Morgan fingerprint density at radius 3 is 2.95 bits per heavy atom. The molecule has 2 heterocycles. The average Bonchev–Trinajstić information content (AvgIpc) is 2.84. The summed E-state index contributed by atoms with van der Waals surface area (Å²) in [6.45, 7) is 0. The summed E-state index contributed by atoms with van der Waals surface area (Å²) in [6.07, 6.45) is 8.28. The lowest BCUT2D eigenvalue weighted by Crippen LogP contribution is -2.35.